The van der Waals surface area contributed by atoms with Crippen LogP contribution in [0.1, 0.15) is 35.6 Å². The molecule has 1 aliphatic heterocycles. The number of alkyl halides is 3. The van der Waals surface area contributed by atoms with Crippen molar-refractivity contribution in [2.45, 2.75) is 31.4 Å². The number of rotatable bonds is 3. The summed E-state index contributed by atoms with van der Waals surface area (Å²) >= 11 is 5.94. The number of aromatic nitrogens is 1. The van der Waals surface area contributed by atoms with Gasteiger partial charge in [-0.05, 0) is 49.1 Å². The fraction of sp³-hybridized carbons (Fsp3) is 0.263. The van der Waals surface area contributed by atoms with Crippen molar-refractivity contribution in [3.8, 4) is 11.5 Å². The summed E-state index contributed by atoms with van der Waals surface area (Å²) in [7, 11) is -1.51. The zero-order valence-electron chi connectivity index (χ0n) is 14.8. The van der Waals surface area contributed by atoms with Crippen LogP contribution in [0.25, 0.3) is 0 Å². The first kappa shape index (κ1) is 19.9. The van der Waals surface area contributed by atoms with Gasteiger partial charge in [0, 0.05) is 16.9 Å². The van der Waals surface area contributed by atoms with Crippen LogP contribution in [-0.4, -0.2) is 15.1 Å². The molecule has 10 heteroatoms. The van der Waals surface area contributed by atoms with E-state index in [1.54, 1.807) is 6.07 Å². The minimum absolute atomic E-state index is 0.0852. The molecular weight excluding hydrogens is 429 g/mol. The number of carbonyl (C=O) groups is 1. The van der Waals surface area contributed by atoms with Gasteiger partial charge in [-0.15, -0.1) is 0 Å². The number of amides is 1. The third-order valence-electron chi connectivity index (χ3n) is 4.80. The highest BCUT2D eigenvalue weighted by Crippen LogP contribution is 2.40. The summed E-state index contributed by atoms with van der Waals surface area (Å²) in [5, 5.41) is 1.25. The number of carbonyl (C=O) groups excluding carboxylic acids is 1. The Balaban J connectivity index is 1.60. The highest BCUT2D eigenvalue weighted by atomic mass is 35.5. The predicted molar refractivity (Wildman–Crippen MR) is 101 cm³/mol. The number of benzene rings is 1. The molecule has 2 heterocycles. The minimum Gasteiger partial charge on any atom is -0.454 e. The molecule has 29 heavy (non-hydrogen) atoms. The van der Waals surface area contributed by atoms with Crippen LogP contribution in [0.15, 0.2) is 41.4 Å². The van der Waals surface area contributed by atoms with E-state index in [0.717, 1.165) is 36.6 Å². The van der Waals surface area contributed by atoms with Crippen molar-refractivity contribution in [1.29, 1.82) is 0 Å². The van der Waals surface area contributed by atoms with E-state index in [1.807, 2.05) is 0 Å². The average Bonchev–Trinajstić information content (AvgIpc) is 3.00. The Morgan fingerprint density at radius 2 is 2.07 bits per heavy atom. The van der Waals surface area contributed by atoms with E-state index < -0.39 is 22.7 Å². The molecule has 1 amide bonds. The van der Waals surface area contributed by atoms with Gasteiger partial charge in [-0.2, -0.15) is 13.2 Å². The van der Waals surface area contributed by atoms with Gasteiger partial charge in [0.1, 0.15) is 22.5 Å². The van der Waals surface area contributed by atoms with Crippen LogP contribution in [0.5, 0.6) is 11.5 Å². The van der Waals surface area contributed by atoms with Crippen LogP contribution in [-0.2, 0) is 28.4 Å². The molecule has 152 valence electrons. The fourth-order valence-electron chi connectivity index (χ4n) is 3.48. The lowest BCUT2D eigenvalue weighted by atomic mass is 9.82. The van der Waals surface area contributed by atoms with Crippen molar-refractivity contribution >= 4 is 28.5 Å². The lowest BCUT2D eigenvalue weighted by Gasteiger charge is -2.24. The Hall–Kier alpha value is -2.39. The van der Waals surface area contributed by atoms with E-state index in [9.17, 15) is 22.2 Å². The van der Waals surface area contributed by atoms with Gasteiger partial charge in [0.25, 0.3) is 5.91 Å². The number of ether oxygens (including phenoxy) is 1. The van der Waals surface area contributed by atoms with Crippen molar-refractivity contribution in [2.75, 3.05) is 0 Å². The maximum Gasteiger partial charge on any atom is 0.416 e. The van der Waals surface area contributed by atoms with E-state index in [0.29, 0.717) is 23.4 Å². The molecule has 0 saturated heterocycles. The molecule has 0 radical (unpaired) electrons. The SMILES string of the molecule is O=C1NS(=O)C=C1C1CCCc2cc(Oc3ccc(C(F)(F)F)cc3Cl)cnc21. The molecule has 0 fully saturated rings. The number of hydrogen-bond donors (Lipinski definition) is 1. The van der Waals surface area contributed by atoms with Crippen LogP contribution in [0, 0.1) is 0 Å². The van der Waals surface area contributed by atoms with E-state index in [-0.39, 0.29) is 22.6 Å². The van der Waals surface area contributed by atoms with Crippen LogP contribution >= 0.6 is 11.6 Å². The van der Waals surface area contributed by atoms with Gasteiger partial charge in [0.2, 0.25) is 0 Å². The molecule has 5 nitrogen and oxygen atoms in total. The number of halogens is 4. The van der Waals surface area contributed by atoms with Crippen molar-refractivity contribution in [2.24, 2.45) is 0 Å². The van der Waals surface area contributed by atoms with Gasteiger partial charge in [-0.3, -0.25) is 14.5 Å². The summed E-state index contributed by atoms with van der Waals surface area (Å²) in [6.07, 6.45) is -0.817. The van der Waals surface area contributed by atoms with Gasteiger partial charge in [-0.25, -0.2) is 4.21 Å². The molecule has 1 aliphatic carbocycles. The molecule has 2 unspecified atom stereocenters. The second-order valence-corrected chi connectivity index (χ2v) is 8.15. The molecule has 1 N–H and O–H groups in total. The van der Waals surface area contributed by atoms with E-state index in [4.69, 9.17) is 16.3 Å². The molecule has 0 spiro atoms. The highest BCUT2D eigenvalue weighted by molar-refractivity contribution is 7.87. The van der Waals surface area contributed by atoms with E-state index >= 15 is 0 Å². The van der Waals surface area contributed by atoms with Crippen LogP contribution < -0.4 is 9.46 Å². The molecule has 2 aliphatic rings. The number of nitrogens with zero attached hydrogens (tertiary/aromatic N) is 1. The molecule has 0 saturated carbocycles. The maximum absolute atomic E-state index is 12.8. The summed E-state index contributed by atoms with van der Waals surface area (Å²) < 4.78 is 57.9. The van der Waals surface area contributed by atoms with Crippen molar-refractivity contribution in [3.05, 3.63) is 63.3 Å². The summed E-state index contributed by atoms with van der Waals surface area (Å²) in [6.45, 7) is 0. The first-order valence-electron chi connectivity index (χ1n) is 8.69. The van der Waals surface area contributed by atoms with Gasteiger partial charge in [0.05, 0.1) is 22.5 Å². The monoisotopic (exact) mass is 442 g/mol. The van der Waals surface area contributed by atoms with Gasteiger partial charge in [-0.1, -0.05) is 11.6 Å². The molecule has 2 atom stereocenters. The Morgan fingerprint density at radius 1 is 1.28 bits per heavy atom. The first-order valence-corrected chi connectivity index (χ1v) is 10.3. The number of nitrogens with one attached hydrogen (secondary N) is 1. The van der Waals surface area contributed by atoms with Crippen LogP contribution in [0.4, 0.5) is 13.2 Å². The van der Waals surface area contributed by atoms with Gasteiger partial charge in [0.15, 0.2) is 0 Å². The smallest absolute Gasteiger partial charge is 0.416 e. The standard InChI is InChI=1S/C19H14ClF3N2O3S/c20-15-7-11(19(21,22)23)4-5-16(15)28-12-6-10-2-1-3-13(17(10)24-8-12)14-9-29(27)25-18(14)26/h4-9,13H,1-3H2,(H,25,26). The van der Waals surface area contributed by atoms with Crippen molar-refractivity contribution in [3.63, 3.8) is 0 Å². The third kappa shape index (κ3) is 4.02. The van der Waals surface area contributed by atoms with Crippen LogP contribution in [0.3, 0.4) is 0 Å². The van der Waals surface area contributed by atoms with Gasteiger partial charge >= 0.3 is 6.18 Å². The lowest BCUT2D eigenvalue weighted by Crippen LogP contribution is -2.23. The molecule has 0 bridgehead atoms. The van der Waals surface area contributed by atoms with Crippen LogP contribution in [0.2, 0.25) is 5.02 Å². The second-order valence-electron chi connectivity index (χ2n) is 6.71. The molecule has 2 aromatic rings. The molecular formula is C19H14ClF3N2O3S. The zero-order chi connectivity index (χ0) is 20.8. The van der Waals surface area contributed by atoms with Crippen molar-refractivity contribution in [1.82, 2.24) is 9.71 Å². The quantitative estimate of drug-likeness (QED) is 0.751. The maximum atomic E-state index is 12.8. The summed E-state index contributed by atoms with van der Waals surface area (Å²) in [5.41, 5.74) is 1.16. The topological polar surface area (TPSA) is 68.3 Å². The Kier molecular flexibility index (Phi) is 5.12. The Labute approximate surface area is 171 Å². The van der Waals surface area contributed by atoms with E-state index in [1.165, 1.54) is 11.6 Å². The summed E-state index contributed by atoms with van der Waals surface area (Å²) in [4.78, 5) is 16.4. The molecule has 4 rings (SSSR count). The van der Waals surface area contributed by atoms with Gasteiger partial charge < -0.3 is 4.74 Å². The van der Waals surface area contributed by atoms with E-state index in [2.05, 4.69) is 9.71 Å². The Morgan fingerprint density at radius 3 is 2.72 bits per heavy atom. The third-order valence-corrected chi connectivity index (χ3v) is 5.95. The normalized spacial score (nSPS) is 21.4. The molecule has 1 aromatic heterocycles. The minimum atomic E-state index is -4.49. The fourth-order valence-corrected chi connectivity index (χ4v) is 4.56. The summed E-state index contributed by atoms with van der Waals surface area (Å²) in [6, 6.07) is 4.61. The highest BCUT2D eigenvalue weighted by Gasteiger charge is 2.33. The average molecular weight is 443 g/mol. The second kappa shape index (κ2) is 7.46. The number of hydrogen-bond acceptors (Lipinski definition) is 4. The number of fused-ring (bicyclic) bond motifs is 1. The van der Waals surface area contributed by atoms with Crippen molar-refractivity contribution < 1.29 is 26.9 Å². The number of pyridine rings is 1. The molecule has 1 aromatic carbocycles. The predicted octanol–water partition coefficient (Wildman–Crippen LogP) is 4.64. The lowest BCUT2D eigenvalue weighted by molar-refractivity contribution is -0.137. The summed E-state index contributed by atoms with van der Waals surface area (Å²) in [5.74, 6) is -0.199. The number of aryl methyl sites for hydroxylation is 1. The first-order chi connectivity index (χ1) is 13.7. The largest absolute Gasteiger partial charge is 0.454 e. The Bertz CT molecular complexity index is 1060. The zero-order valence-corrected chi connectivity index (χ0v) is 16.3.